The second-order valence-electron chi connectivity index (χ2n) is 6.44. The van der Waals surface area contributed by atoms with Gasteiger partial charge in [-0.1, -0.05) is 70.9 Å². The van der Waals surface area contributed by atoms with Crippen LogP contribution in [0.5, 0.6) is 0 Å². The van der Waals surface area contributed by atoms with Crippen molar-refractivity contribution in [1.29, 1.82) is 0 Å². The summed E-state index contributed by atoms with van der Waals surface area (Å²) in [6.07, 6.45) is 16.7. The molecule has 4 heteroatoms. The lowest BCUT2D eigenvalue weighted by Crippen LogP contribution is -2.09. The van der Waals surface area contributed by atoms with Crippen LogP contribution in [-0.4, -0.2) is 25.2 Å². The lowest BCUT2D eigenvalue weighted by Gasteiger charge is -2.05. The number of ether oxygens (including phenoxy) is 2. The van der Waals surface area contributed by atoms with Crippen molar-refractivity contribution < 1.29 is 19.1 Å². The smallest absolute Gasteiger partial charge is 0.305 e. The minimum absolute atomic E-state index is 0.207. The van der Waals surface area contributed by atoms with Gasteiger partial charge in [0, 0.05) is 12.8 Å². The number of carbonyl (C=O) groups is 2. The maximum atomic E-state index is 11.6. The van der Waals surface area contributed by atoms with Gasteiger partial charge in [-0.25, -0.2) is 0 Å². The van der Waals surface area contributed by atoms with E-state index in [1.54, 1.807) is 0 Å². The van der Waals surface area contributed by atoms with Crippen LogP contribution in [0.25, 0.3) is 0 Å². The Labute approximate surface area is 154 Å². The minimum Gasteiger partial charge on any atom is -0.466 e. The van der Waals surface area contributed by atoms with Crippen molar-refractivity contribution in [2.45, 2.75) is 97.3 Å². The van der Waals surface area contributed by atoms with Crippen LogP contribution in [0.2, 0.25) is 0 Å². The van der Waals surface area contributed by atoms with Gasteiger partial charge in [-0.05, 0) is 25.7 Å². The third kappa shape index (κ3) is 18.9. The molecule has 25 heavy (non-hydrogen) atoms. The van der Waals surface area contributed by atoms with Crippen molar-refractivity contribution in [3.05, 3.63) is 12.2 Å². The molecule has 0 spiro atoms. The summed E-state index contributed by atoms with van der Waals surface area (Å²) < 4.78 is 10.3. The molecule has 0 radical (unpaired) electrons. The first-order chi connectivity index (χ1) is 12.2. The van der Waals surface area contributed by atoms with E-state index in [4.69, 9.17) is 9.47 Å². The highest BCUT2D eigenvalue weighted by Crippen LogP contribution is 2.08. The van der Waals surface area contributed by atoms with E-state index < -0.39 is 0 Å². The van der Waals surface area contributed by atoms with Crippen LogP contribution in [0.1, 0.15) is 97.3 Å². The molecule has 0 aromatic rings. The zero-order chi connectivity index (χ0) is 18.6. The molecule has 0 N–H and O–H groups in total. The molecule has 0 heterocycles. The van der Waals surface area contributed by atoms with Gasteiger partial charge < -0.3 is 9.47 Å². The van der Waals surface area contributed by atoms with Gasteiger partial charge in [0.1, 0.15) is 0 Å². The first-order valence-corrected chi connectivity index (χ1v) is 10.2. The van der Waals surface area contributed by atoms with Crippen LogP contribution in [0.3, 0.4) is 0 Å². The highest BCUT2D eigenvalue weighted by atomic mass is 16.5. The molecule has 0 aliphatic carbocycles. The molecule has 0 atom stereocenters. The Bertz CT molecular complexity index is 350. The second kappa shape index (κ2) is 19.0. The van der Waals surface area contributed by atoms with Crippen LogP contribution >= 0.6 is 0 Å². The molecule has 0 aromatic carbocycles. The zero-order valence-electron chi connectivity index (χ0n) is 16.4. The van der Waals surface area contributed by atoms with Crippen molar-refractivity contribution in [2.24, 2.45) is 0 Å². The maximum absolute atomic E-state index is 11.6. The Morgan fingerprint density at radius 2 is 1.24 bits per heavy atom. The van der Waals surface area contributed by atoms with E-state index >= 15 is 0 Å². The summed E-state index contributed by atoms with van der Waals surface area (Å²) >= 11 is 0. The van der Waals surface area contributed by atoms with E-state index in [-0.39, 0.29) is 18.4 Å². The molecule has 0 fully saturated rings. The first kappa shape index (κ1) is 23.7. The molecule has 0 bridgehead atoms. The monoisotopic (exact) mass is 354 g/mol. The fourth-order valence-electron chi connectivity index (χ4n) is 2.47. The topological polar surface area (TPSA) is 52.6 Å². The predicted molar refractivity (Wildman–Crippen MR) is 102 cm³/mol. The first-order valence-electron chi connectivity index (χ1n) is 10.2. The van der Waals surface area contributed by atoms with Gasteiger partial charge in [-0.15, -0.1) is 0 Å². The molecule has 4 nitrogen and oxygen atoms in total. The molecule has 0 saturated carbocycles. The fraction of sp³-hybridized carbons (Fsp3) is 0.810. The average molecular weight is 355 g/mol. The Hall–Kier alpha value is -1.32. The third-order valence-electron chi connectivity index (χ3n) is 3.97. The summed E-state index contributed by atoms with van der Waals surface area (Å²) in [5.41, 5.74) is 0. The van der Waals surface area contributed by atoms with Crippen molar-refractivity contribution in [2.75, 3.05) is 13.2 Å². The number of allylic oxidation sites excluding steroid dienone is 1. The van der Waals surface area contributed by atoms with Crippen LogP contribution in [-0.2, 0) is 19.1 Å². The highest BCUT2D eigenvalue weighted by Gasteiger charge is 2.07. The van der Waals surface area contributed by atoms with Gasteiger partial charge in [0.2, 0.25) is 0 Å². The summed E-state index contributed by atoms with van der Waals surface area (Å²) in [4.78, 5) is 23.1. The summed E-state index contributed by atoms with van der Waals surface area (Å²) in [6, 6.07) is 0. The maximum Gasteiger partial charge on any atom is 0.305 e. The number of esters is 2. The van der Waals surface area contributed by atoms with E-state index in [9.17, 15) is 9.59 Å². The molecule has 0 saturated heterocycles. The van der Waals surface area contributed by atoms with Crippen molar-refractivity contribution >= 4 is 11.9 Å². The van der Waals surface area contributed by atoms with E-state index in [0.717, 1.165) is 25.7 Å². The predicted octanol–water partition coefficient (Wildman–Crippen LogP) is 5.74. The van der Waals surface area contributed by atoms with E-state index in [1.807, 2.05) is 6.08 Å². The van der Waals surface area contributed by atoms with E-state index in [0.29, 0.717) is 26.1 Å². The van der Waals surface area contributed by atoms with E-state index in [2.05, 4.69) is 19.9 Å². The second-order valence-corrected chi connectivity index (χ2v) is 6.44. The minimum atomic E-state index is -0.235. The summed E-state index contributed by atoms with van der Waals surface area (Å²) in [7, 11) is 0. The van der Waals surface area contributed by atoms with Gasteiger partial charge in [0.25, 0.3) is 0 Å². The van der Waals surface area contributed by atoms with Gasteiger partial charge in [-0.2, -0.15) is 0 Å². The van der Waals surface area contributed by atoms with Crippen LogP contribution in [0.15, 0.2) is 12.2 Å². The standard InChI is InChI=1S/C21H38O4/c1-3-5-7-9-10-11-12-14-19-25-21(23)17-15-16-20(22)24-18-13-8-6-4-2/h6,8H,3-5,7,9-19H2,1-2H3/b8-6-. The molecule has 0 amide bonds. The molecule has 0 aromatic heterocycles. The van der Waals surface area contributed by atoms with Gasteiger partial charge in [0.05, 0.1) is 13.2 Å². The van der Waals surface area contributed by atoms with Crippen molar-refractivity contribution in [3.63, 3.8) is 0 Å². The normalized spacial score (nSPS) is 11.0. The molecule has 0 aliphatic heterocycles. The number of carbonyl (C=O) groups excluding carboxylic acids is 2. The Morgan fingerprint density at radius 1 is 0.680 bits per heavy atom. The van der Waals surface area contributed by atoms with Crippen LogP contribution in [0.4, 0.5) is 0 Å². The fourth-order valence-corrected chi connectivity index (χ4v) is 2.47. The number of unbranched alkanes of at least 4 members (excludes halogenated alkanes) is 7. The zero-order valence-corrected chi connectivity index (χ0v) is 16.4. The lowest BCUT2D eigenvalue weighted by molar-refractivity contribution is -0.145. The van der Waals surface area contributed by atoms with Crippen molar-refractivity contribution in [1.82, 2.24) is 0 Å². The molecule has 0 unspecified atom stereocenters. The van der Waals surface area contributed by atoms with E-state index in [1.165, 1.54) is 38.5 Å². The molecular formula is C21H38O4. The average Bonchev–Trinajstić information content (AvgIpc) is 2.60. The van der Waals surface area contributed by atoms with Gasteiger partial charge in [-0.3, -0.25) is 9.59 Å². The highest BCUT2D eigenvalue weighted by molar-refractivity contribution is 5.72. The van der Waals surface area contributed by atoms with Gasteiger partial charge in [0.15, 0.2) is 0 Å². The Balaban J connectivity index is 3.35. The number of hydrogen-bond donors (Lipinski definition) is 0. The van der Waals surface area contributed by atoms with Crippen LogP contribution in [0, 0.1) is 0 Å². The Morgan fingerprint density at radius 3 is 1.84 bits per heavy atom. The SMILES string of the molecule is CC/C=C\CCOC(=O)CCCC(=O)OCCCCCCCCCC. The van der Waals surface area contributed by atoms with Gasteiger partial charge >= 0.3 is 11.9 Å². The Kier molecular flexibility index (Phi) is 18.0. The third-order valence-corrected chi connectivity index (χ3v) is 3.97. The molecular weight excluding hydrogens is 316 g/mol. The van der Waals surface area contributed by atoms with Crippen LogP contribution < -0.4 is 0 Å². The number of rotatable bonds is 17. The lowest BCUT2D eigenvalue weighted by atomic mass is 10.1. The summed E-state index contributed by atoms with van der Waals surface area (Å²) in [5.74, 6) is -0.442. The quantitative estimate of drug-likeness (QED) is 0.190. The van der Waals surface area contributed by atoms with Crippen molar-refractivity contribution in [3.8, 4) is 0 Å². The summed E-state index contributed by atoms with van der Waals surface area (Å²) in [6.45, 7) is 5.21. The molecule has 0 aliphatic rings. The molecule has 0 rings (SSSR count). The largest absolute Gasteiger partial charge is 0.466 e. The number of hydrogen-bond acceptors (Lipinski definition) is 4. The molecule has 146 valence electrons. The summed E-state index contributed by atoms with van der Waals surface area (Å²) in [5, 5.41) is 0.